The van der Waals surface area contributed by atoms with Gasteiger partial charge in [-0.1, -0.05) is 36.9 Å². The molecular formula is C14H21NO2. The first kappa shape index (κ1) is 15.4. The van der Waals surface area contributed by atoms with Crippen molar-refractivity contribution in [1.29, 1.82) is 0 Å². The standard InChI is InChI=1S/C8H11N.C6H10O2/c1-9-7-8-5-3-2-4-6-8;1-4-8-6(7)5(2)3/h2-6,9H,7H2,1H3;2,4H2,1,3H3. The maximum Gasteiger partial charge on any atom is 0.333 e. The number of carbonyl (C=O) groups excluding carboxylic acids is 1. The van der Waals surface area contributed by atoms with E-state index in [2.05, 4.69) is 28.8 Å². The highest BCUT2D eigenvalue weighted by atomic mass is 16.5. The first-order chi connectivity index (χ1) is 8.11. The summed E-state index contributed by atoms with van der Waals surface area (Å²) in [6.45, 7) is 8.17. The van der Waals surface area contributed by atoms with Crippen molar-refractivity contribution in [2.75, 3.05) is 13.7 Å². The minimum Gasteiger partial charge on any atom is -0.463 e. The van der Waals surface area contributed by atoms with E-state index in [0.717, 1.165) is 6.54 Å². The topological polar surface area (TPSA) is 38.3 Å². The molecule has 0 bridgehead atoms. The molecule has 0 aromatic heterocycles. The highest BCUT2D eigenvalue weighted by Gasteiger charge is 1.98. The molecule has 3 nitrogen and oxygen atoms in total. The molecule has 1 aromatic rings. The largest absolute Gasteiger partial charge is 0.463 e. The number of ether oxygens (including phenoxy) is 1. The molecule has 0 aliphatic carbocycles. The Labute approximate surface area is 103 Å². The third kappa shape index (κ3) is 8.22. The van der Waals surface area contributed by atoms with Crippen molar-refractivity contribution in [1.82, 2.24) is 5.32 Å². The number of esters is 1. The second kappa shape index (κ2) is 9.60. The van der Waals surface area contributed by atoms with Gasteiger partial charge in [0.2, 0.25) is 0 Å². The molecule has 0 aliphatic rings. The summed E-state index contributed by atoms with van der Waals surface area (Å²) in [7, 11) is 1.95. The molecular weight excluding hydrogens is 214 g/mol. The summed E-state index contributed by atoms with van der Waals surface area (Å²) < 4.78 is 4.56. The average Bonchev–Trinajstić information content (AvgIpc) is 2.32. The van der Waals surface area contributed by atoms with Crippen LogP contribution in [0.25, 0.3) is 0 Å². The van der Waals surface area contributed by atoms with Crippen molar-refractivity contribution < 1.29 is 9.53 Å². The van der Waals surface area contributed by atoms with Crippen molar-refractivity contribution in [3.63, 3.8) is 0 Å². The predicted octanol–water partition coefficient (Wildman–Crippen LogP) is 2.53. The summed E-state index contributed by atoms with van der Waals surface area (Å²) in [5, 5.41) is 3.08. The number of benzene rings is 1. The molecule has 0 aliphatic heterocycles. The summed E-state index contributed by atoms with van der Waals surface area (Å²) in [5.74, 6) is -0.312. The van der Waals surface area contributed by atoms with Crippen LogP contribution < -0.4 is 5.32 Å². The molecule has 1 N–H and O–H groups in total. The lowest BCUT2D eigenvalue weighted by Crippen LogP contribution is -2.04. The summed E-state index contributed by atoms with van der Waals surface area (Å²) >= 11 is 0. The minimum absolute atomic E-state index is 0.312. The van der Waals surface area contributed by atoms with Crippen molar-refractivity contribution in [2.45, 2.75) is 20.4 Å². The van der Waals surface area contributed by atoms with Gasteiger partial charge in [-0.3, -0.25) is 0 Å². The van der Waals surface area contributed by atoms with Crippen LogP contribution in [0.2, 0.25) is 0 Å². The molecule has 0 radical (unpaired) electrons. The Bertz CT molecular complexity index is 333. The normalized spacial score (nSPS) is 8.88. The molecule has 0 heterocycles. The molecule has 0 saturated heterocycles. The van der Waals surface area contributed by atoms with Crippen LogP contribution in [0, 0.1) is 0 Å². The van der Waals surface area contributed by atoms with Crippen LogP contribution in [0.3, 0.4) is 0 Å². The lowest BCUT2D eigenvalue weighted by Gasteiger charge is -1.96. The molecule has 0 fully saturated rings. The van der Waals surface area contributed by atoms with Crippen molar-refractivity contribution in [2.24, 2.45) is 0 Å². The average molecular weight is 235 g/mol. The van der Waals surface area contributed by atoms with Gasteiger partial charge in [0.1, 0.15) is 0 Å². The van der Waals surface area contributed by atoms with Gasteiger partial charge in [0.15, 0.2) is 0 Å². The fourth-order valence-electron chi connectivity index (χ4n) is 1.05. The fourth-order valence-corrected chi connectivity index (χ4v) is 1.05. The molecule has 1 rings (SSSR count). The third-order valence-corrected chi connectivity index (χ3v) is 1.85. The smallest absolute Gasteiger partial charge is 0.333 e. The van der Waals surface area contributed by atoms with E-state index in [-0.39, 0.29) is 5.97 Å². The van der Waals surface area contributed by atoms with Gasteiger partial charge in [-0.25, -0.2) is 4.79 Å². The van der Waals surface area contributed by atoms with E-state index in [0.29, 0.717) is 12.2 Å². The van der Waals surface area contributed by atoms with Crippen molar-refractivity contribution in [3.8, 4) is 0 Å². The molecule has 0 atom stereocenters. The van der Waals surface area contributed by atoms with Crippen LogP contribution in [0.4, 0.5) is 0 Å². The van der Waals surface area contributed by atoms with E-state index in [9.17, 15) is 4.79 Å². The lowest BCUT2D eigenvalue weighted by atomic mass is 10.2. The van der Waals surface area contributed by atoms with Crippen LogP contribution in [-0.4, -0.2) is 19.6 Å². The Kier molecular flexibility index (Phi) is 8.69. The van der Waals surface area contributed by atoms with Crippen LogP contribution in [0.1, 0.15) is 19.4 Å². The van der Waals surface area contributed by atoms with E-state index in [1.807, 2.05) is 25.2 Å². The molecule has 17 heavy (non-hydrogen) atoms. The third-order valence-electron chi connectivity index (χ3n) is 1.85. The van der Waals surface area contributed by atoms with Gasteiger partial charge in [0.05, 0.1) is 6.61 Å². The summed E-state index contributed by atoms with van der Waals surface area (Å²) in [5.41, 5.74) is 1.78. The summed E-state index contributed by atoms with van der Waals surface area (Å²) in [6, 6.07) is 10.3. The summed E-state index contributed by atoms with van der Waals surface area (Å²) in [6.07, 6.45) is 0. The van der Waals surface area contributed by atoms with Gasteiger partial charge in [-0.2, -0.15) is 0 Å². The molecule has 0 saturated carbocycles. The zero-order valence-electron chi connectivity index (χ0n) is 10.8. The number of hydrogen-bond donors (Lipinski definition) is 1. The number of hydrogen-bond acceptors (Lipinski definition) is 3. The molecule has 1 aromatic carbocycles. The minimum atomic E-state index is -0.312. The van der Waals surface area contributed by atoms with Crippen molar-refractivity contribution in [3.05, 3.63) is 48.0 Å². The highest BCUT2D eigenvalue weighted by molar-refractivity contribution is 5.86. The van der Waals surface area contributed by atoms with Gasteiger partial charge in [0.25, 0.3) is 0 Å². The fraction of sp³-hybridized carbons (Fsp3) is 0.357. The second-order valence-corrected chi connectivity index (χ2v) is 3.52. The first-order valence-corrected chi connectivity index (χ1v) is 5.63. The molecule has 0 spiro atoms. The molecule has 0 unspecified atom stereocenters. The Hall–Kier alpha value is -1.61. The highest BCUT2D eigenvalue weighted by Crippen LogP contribution is 1.95. The Morgan fingerprint density at radius 2 is 1.94 bits per heavy atom. The zero-order valence-corrected chi connectivity index (χ0v) is 10.8. The van der Waals surface area contributed by atoms with Crippen LogP contribution in [0.15, 0.2) is 42.5 Å². The Morgan fingerprint density at radius 1 is 1.35 bits per heavy atom. The predicted molar refractivity (Wildman–Crippen MR) is 70.7 cm³/mol. The van der Waals surface area contributed by atoms with E-state index in [1.165, 1.54) is 5.56 Å². The van der Waals surface area contributed by atoms with Gasteiger partial charge >= 0.3 is 5.97 Å². The molecule has 0 amide bonds. The Morgan fingerprint density at radius 3 is 2.29 bits per heavy atom. The number of nitrogens with one attached hydrogen (secondary N) is 1. The second-order valence-electron chi connectivity index (χ2n) is 3.52. The maximum absolute atomic E-state index is 10.4. The lowest BCUT2D eigenvalue weighted by molar-refractivity contribution is -0.138. The SMILES string of the molecule is C=C(C)C(=O)OCC.CNCc1ccccc1. The quantitative estimate of drug-likeness (QED) is 0.644. The zero-order chi connectivity index (χ0) is 13.1. The first-order valence-electron chi connectivity index (χ1n) is 5.63. The number of carbonyl (C=O) groups is 1. The van der Waals surface area contributed by atoms with Crippen LogP contribution in [0.5, 0.6) is 0 Å². The number of rotatable bonds is 4. The van der Waals surface area contributed by atoms with E-state index >= 15 is 0 Å². The maximum atomic E-state index is 10.4. The van der Waals surface area contributed by atoms with E-state index in [4.69, 9.17) is 0 Å². The molecule has 94 valence electrons. The summed E-state index contributed by atoms with van der Waals surface area (Å²) in [4.78, 5) is 10.4. The molecule has 3 heteroatoms. The van der Waals surface area contributed by atoms with Gasteiger partial charge in [-0.05, 0) is 26.5 Å². The van der Waals surface area contributed by atoms with Crippen molar-refractivity contribution >= 4 is 5.97 Å². The van der Waals surface area contributed by atoms with Crippen LogP contribution in [-0.2, 0) is 16.1 Å². The van der Waals surface area contributed by atoms with Crippen LogP contribution >= 0.6 is 0 Å². The van der Waals surface area contributed by atoms with E-state index in [1.54, 1.807) is 13.8 Å². The van der Waals surface area contributed by atoms with Gasteiger partial charge in [-0.15, -0.1) is 0 Å². The van der Waals surface area contributed by atoms with Gasteiger partial charge < -0.3 is 10.1 Å². The van der Waals surface area contributed by atoms with E-state index < -0.39 is 0 Å². The van der Waals surface area contributed by atoms with Gasteiger partial charge in [0, 0.05) is 12.1 Å². The Balaban J connectivity index is 0.000000304. The monoisotopic (exact) mass is 235 g/mol.